The number of unbranched alkanes of at least 4 members (excludes halogenated alkanes) is 6. The summed E-state index contributed by atoms with van der Waals surface area (Å²) >= 11 is 1.51. The molecule has 5 aromatic rings. The third-order valence-corrected chi connectivity index (χ3v) is 15.1. The number of hydrazone groups is 1. The smallest absolute Gasteiger partial charge is 0.330 e. The summed E-state index contributed by atoms with van der Waals surface area (Å²) in [6.45, 7) is 13.3. The summed E-state index contributed by atoms with van der Waals surface area (Å²) < 4.78 is 46.3. The molecule has 2 aliphatic rings. The highest BCUT2D eigenvalue weighted by atomic mass is 32.1. The fourth-order valence-corrected chi connectivity index (χ4v) is 10.4. The third-order valence-electron chi connectivity index (χ3n) is 14.1. The molecule has 82 heavy (non-hydrogen) atoms. The molecule has 7 rings (SSSR count). The van der Waals surface area contributed by atoms with Crippen molar-refractivity contribution in [2.24, 2.45) is 34.7 Å². The molecular formula is C64H75N3O14S. The lowest BCUT2D eigenvalue weighted by atomic mass is 9.82. The predicted octanol–water partition coefficient (Wildman–Crippen LogP) is 12.8. The van der Waals surface area contributed by atoms with Crippen molar-refractivity contribution < 1.29 is 66.7 Å². The van der Waals surface area contributed by atoms with Gasteiger partial charge < -0.3 is 37.9 Å². The Kier molecular flexibility index (Phi) is 24.5. The molecule has 2 aliphatic carbocycles. The maximum absolute atomic E-state index is 13.9. The Labute approximate surface area is 483 Å². The number of anilines is 1. The van der Waals surface area contributed by atoms with Crippen molar-refractivity contribution in [3.63, 3.8) is 0 Å². The van der Waals surface area contributed by atoms with E-state index in [9.17, 15) is 28.8 Å². The molecule has 0 amide bonds. The average molecular weight is 1140 g/mol. The standard InChI is InChI=1S/C64H75N3O14S/c1-5-58(68)76-39-15-9-7-13-37-74-50-27-31-52(32-28-50)78-60(70)45-19-21-47(22-20-45)62(72)80-54-35-36-56(49(41-54)42-65-67(43-44(3)4)64-66-55-17-11-12-18-57(55)82-64)81-63(73)48-25-23-46(24-26-48)61(71)79-53-33-29-51(30-34-53)75-38-14-8-10-16-40-77-59(69)6-2/h5-6,11-12,17-18,27-36,41-42,44-48H,1-2,7-10,13-16,19-26,37-40,43H2,3-4H3/b65-42+/t45-,46-,47-,48-. The number of benzene rings is 4. The molecule has 436 valence electrons. The molecule has 0 bridgehead atoms. The fraction of sp³-hybridized carbons (Fsp3) is 0.438. The molecule has 0 unspecified atom stereocenters. The Morgan fingerprint density at radius 3 is 1.41 bits per heavy atom. The van der Waals surface area contributed by atoms with Gasteiger partial charge in [-0.25, -0.2) is 19.6 Å². The first-order chi connectivity index (χ1) is 39.8. The lowest BCUT2D eigenvalue weighted by molar-refractivity contribution is -0.145. The number of hydrogen-bond acceptors (Lipinski definition) is 18. The lowest BCUT2D eigenvalue weighted by Gasteiger charge is -2.26. The maximum Gasteiger partial charge on any atom is 0.330 e. The van der Waals surface area contributed by atoms with E-state index in [2.05, 4.69) is 27.0 Å². The minimum absolute atomic E-state index is 0.217. The predicted molar refractivity (Wildman–Crippen MR) is 312 cm³/mol. The van der Waals surface area contributed by atoms with Crippen LogP contribution in [0.25, 0.3) is 10.2 Å². The maximum atomic E-state index is 13.9. The number of para-hydroxylation sites is 1. The van der Waals surface area contributed by atoms with E-state index in [-0.39, 0.29) is 41.2 Å². The molecule has 4 aromatic carbocycles. The molecule has 0 radical (unpaired) electrons. The average Bonchev–Trinajstić information content (AvgIpc) is 4.06. The largest absolute Gasteiger partial charge is 0.494 e. The van der Waals surface area contributed by atoms with Gasteiger partial charge in [-0.2, -0.15) is 5.10 Å². The van der Waals surface area contributed by atoms with Crippen LogP contribution in [0.15, 0.2) is 121 Å². The molecule has 18 heteroatoms. The van der Waals surface area contributed by atoms with Crippen molar-refractivity contribution in [1.82, 2.24) is 4.98 Å². The van der Waals surface area contributed by atoms with Gasteiger partial charge in [-0.05, 0) is 188 Å². The number of ether oxygens (including phenoxy) is 8. The highest BCUT2D eigenvalue weighted by Gasteiger charge is 2.34. The molecule has 0 saturated heterocycles. The van der Waals surface area contributed by atoms with Crippen LogP contribution in [0.4, 0.5) is 5.13 Å². The molecule has 1 aromatic heterocycles. The highest BCUT2D eigenvalue weighted by molar-refractivity contribution is 7.22. The van der Waals surface area contributed by atoms with Crippen LogP contribution in [0.1, 0.15) is 122 Å². The first-order valence-corrected chi connectivity index (χ1v) is 29.4. The zero-order valence-corrected chi connectivity index (χ0v) is 47.8. The van der Waals surface area contributed by atoms with Gasteiger partial charge in [0.2, 0.25) is 5.13 Å². The number of thiazole rings is 1. The van der Waals surface area contributed by atoms with Crippen LogP contribution in [0, 0.1) is 29.6 Å². The van der Waals surface area contributed by atoms with Gasteiger partial charge >= 0.3 is 35.8 Å². The van der Waals surface area contributed by atoms with Gasteiger partial charge in [0.25, 0.3) is 0 Å². The number of carbonyl (C=O) groups excluding carboxylic acids is 6. The Balaban J connectivity index is 0.898. The number of aromatic nitrogens is 1. The summed E-state index contributed by atoms with van der Waals surface area (Å²) in [5.74, 6) is -1.24. The van der Waals surface area contributed by atoms with Gasteiger partial charge in [-0.15, -0.1) is 0 Å². The van der Waals surface area contributed by atoms with Crippen molar-refractivity contribution in [1.29, 1.82) is 0 Å². The van der Waals surface area contributed by atoms with E-state index in [0.29, 0.717) is 118 Å². The van der Waals surface area contributed by atoms with Gasteiger partial charge in [0, 0.05) is 24.3 Å². The number of fused-ring (bicyclic) bond motifs is 1. The van der Waals surface area contributed by atoms with Crippen molar-refractivity contribution in [2.75, 3.05) is 38.0 Å². The first-order valence-electron chi connectivity index (χ1n) is 28.6. The lowest BCUT2D eigenvalue weighted by Crippen LogP contribution is -2.30. The van der Waals surface area contributed by atoms with Crippen LogP contribution in [-0.2, 0) is 38.2 Å². The SMILES string of the molecule is C=CC(=O)OCCCCCCOc1ccc(OC(=O)[C@H]2CC[C@H](C(=O)Oc3ccc(OC(=O)[C@H]4CC[C@H](C(=O)Oc5ccc(OCCCCCCOC(=O)C=C)cc5)CC4)c(/C=N/N(CC(C)C)c4nc5ccccc5s4)c3)CC2)cc1. The van der Waals surface area contributed by atoms with Crippen molar-refractivity contribution in [3.05, 3.63) is 122 Å². The van der Waals surface area contributed by atoms with Crippen molar-refractivity contribution in [3.8, 4) is 34.5 Å². The second kappa shape index (κ2) is 32.5. The van der Waals surface area contributed by atoms with Gasteiger partial charge in [-0.1, -0.05) is 50.5 Å². The Morgan fingerprint density at radius 2 is 0.963 bits per heavy atom. The highest BCUT2D eigenvalue weighted by Crippen LogP contribution is 2.36. The van der Waals surface area contributed by atoms with Gasteiger partial charge in [0.15, 0.2) is 0 Å². The molecule has 2 fully saturated rings. The minimum atomic E-state index is -0.466. The van der Waals surface area contributed by atoms with Crippen LogP contribution in [0.3, 0.4) is 0 Å². The number of rotatable bonds is 31. The summed E-state index contributed by atoms with van der Waals surface area (Å²) in [4.78, 5) is 81.3. The first kappa shape index (κ1) is 61.8. The van der Waals surface area contributed by atoms with E-state index in [1.165, 1.54) is 11.3 Å². The van der Waals surface area contributed by atoms with E-state index in [0.717, 1.165) is 73.7 Å². The third kappa shape index (κ3) is 20.0. The molecule has 0 aliphatic heterocycles. The van der Waals surface area contributed by atoms with Gasteiger partial charge in [0.05, 0.1) is 66.5 Å². The Bertz CT molecular complexity index is 2910. The summed E-state index contributed by atoms with van der Waals surface area (Å²) in [5.41, 5.74) is 1.26. The summed E-state index contributed by atoms with van der Waals surface area (Å²) in [5, 5.41) is 7.38. The molecule has 1 heterocycles. The minimum Gasteiger partial charge on any atom is -0.494 e. The Hall–Kier alpha value is -7.86. The van der Waals surface area contributed by atoms with E-state index in [1.807, 2.05) is 29.3 Å². The second-order valence-electron chi connectivity index (χ2n) is 20.9. The number of esters is 6. The van der Waals surface area contributed by atoms with Crippen molar-refractivity contribution >= 4 is 68.7 Å². The normalized spacial score (nSPS) is 16.9. The molecule has 0 spiro atoms. The summed E-state index contributed by atoms with van der Waals surface area (Å²) in [7, 11) is 0. The number of nitrogens with zero attached hydrogens (tertiary/aromatic N) is 3. The van der Waals surface area contributed by atoms with Gasteiger partial charge in [-0.3, -0.25) is 19.2 Å². The van der Waals surface area contributed by atoms with Gasteiger partial charge in [0.1, 0.15) is 34.5 Å². The van der Waals surface area contributed by atoms with Crippen LogP contribution in [0.2, 0.25) is 0 Å². The second-order valence-corrected chi connectivity index (χ2v) is 21.9. The number of carbonyl (C=O) groups is 6. The molecule has 0 atom stereocenters. The van der Waals surface area contributed by atoms with Crippen molar-refractivity contribution in [2.45, 2.75) is 117 Å². The quantitative estimate of drug-likeness (QED) is 0.0101. The summed E-state index contributed by atoms with van der Waals surface area (Å²) in [6, 6.07) is 26.5. The monoisotopic (exact) mass is 1140 g/mol. The van der Waals surface area contributed by atoms with E-state index in [4.69, 9.17) is 48.0 Å². The molecule has 2 saturated carbocycles. The van der Waals surface area contributed by atoms with Crippen LogP contribution in [-0.4, -0.2) is 80.0 Å². The zero-order valence-electron chi connectivity index (χ0n) is 47.0. The number of hydrogen-bond donors (Lipinski definition) is 0. The van der Waals surface area contributed by atoms with E-state index in [1.54, 1.807) is 72.9 Å². The molecule has 0 N–H and O–H groups in total. The summed E-state index contributed by atoms with van der Waals surface area (Å²) in [6.07, 6.45) is 14.4. The fourth-order valence-electron chi connectivity index (χ4n) is 9.49. The van der Waals surface area contributed by atoms with Crippen LogP contribution in [0.5, 0.6) is 34.5 Å². The van der Waals surface area contributed by atoms with E-state index < -0.39 is 35.7 Å². The van der Waals surface area contributed by atoms with Crippen LogP contribution < -0.4 is 33.4 Å². The van der Waals surface area contributed by atoms with E-state index >= 15 is 0 Å². The molecular weight excluding hydrogens is 1070 g/mol. The molecule has 17 nitrogen and oxygen atoms in total. The zero-order chi connectivity index (χ0) is 58.1. The van der Waals surface area contributed by atoms with Crippen LogP contribution >= 0.6 is 11.3 Å². The topological polar surface area (TPSA) is 205 Å². The Morgan fingerprint density at radius 1 is 0.549 bits per heavy atom.